The number of hydrogen-bond donors (Lipinski definition) is 3. The van der Waals surface area contributed by atoms with Crippen LogP contribution in [0.25, 0.3) is 10.9 Å². The molecular weight excluding hydrogens is 344 g/mol. The number of nitrogens with one attached hydrogen (secondary N) is 2. The number of para-hydroxylation sites is 1. The topological polar surface area (TPSA) is 127 Å². The van der Waals surface area contributed by atoms with Gasteiger partial charge in [-0.05, 0) is 24.3 Å². The molecule has 4 N–H and O–H groups in total. The first kappa shape index (κ1) is 15.2. The molecule has 0 bridgehead atoms. The zero-order chi connectivity index (χ0) is 17.6. The lowest BCUT2D eigenvalue weighted by molar-refractivity contribution is 0.249. The molecule has 8 nitrogen and oxygen atoms in total. The van der Waals surface area contributed by atoms with Crippen LogP contribution in [-0.4, -0.2) is 25.6 Å². The Morgan fingerprint density at radius 1 is 1.20 bits per heavy atom. The van der Waals surface area contributed by atoms with Crippen molar-refractivity contribution in [1.82, 2.24) is 10.4 Å². The van der Waals surface area contributed by atoms with E-state index in [0.29, 0.717) is 16.5 Å². The molecule has 0 radical (unpaired) electrons. The highest BCUT2D eigenvalue weighted by molar-refractivity contribution is 7.92. The van der Waals surface area contributed by atoms with Crippen LogP contribution in [0.4, 0.5) is 4.79 Å². The number of carbonyl (C=O) groups excluding carboxylic acids is 1. The maximum Gasteiger partial charge on any atom is 0.332 e. The quantitative estimate of drug-likeness (QED) is 0.375. The highest BCUT2D eigenvalue weighted by Crippen LogP contribution is 2.45. The van der Waals surface area contributed by atoms with Crippen molar-refractivity contribution in [2.75, 3.05) is 0 Å². The Bertz CT molecular complexity index is 1150. The Kier molecular flexibility index (Phi) is 3.25. The number of ether oxygens (including phenoxy) is 1. The van der Waals surface area contributed by atoms with Crippen LogP contribution in [0.1, 0.15) is 5.56 Å². The van der Waals surface area contributed by atoms with E-state index in [9.17, 15) is 13.2 Å². The van der Waals surface area contributed by atoms with Crippen molar-refractivity contribution in [3.05, 3.63) is 48.2 Å². The molecular formula is C16H12N4O4S. The van der Waals surface area contributed by atoms with Crippen LogP contribution in [-0.2, 0) is 9.84 Å². The molecule has 126 valence electrons. The van der Waals surface area contributed by atoms with Gasteiger partial charge in [-0.2, -0.15) is 5.10 Å². The summed E-state index contributed by atoms with van der Waals surface area (Å²) in [4.78, 5) is 13.9. The SMILES string of the molecule is NC(=O)N/N=C\c1c[nH]c2ccc3c(c12)S(=O)(=O)c1ccccc1O3. The lowest BCUT2D eigenvalue weighted by Gasteiger charge is -2.21. The second-order valence-electron chi connectivity index (χ2n) is 5.35. The molecule has 0 unspecified atom stereocenters. The molecule has 0 saturated carbocycles. The zero-order valence-corrected chi connectivity index (χ0v) is 13.5. The fraction of sp³-hybridized carbons (Fsp3) is 0. The van der Waals surface area contributed by atoms with E-state index in [-0.39, 0.29) is 21.3 Å². The van der Waals surface area contributed by atoms with E-state index >= 15 is 0 Å². The number of hydrazone groups is 1. The third-order valence-corrected chi connectivity index (χ3v) is 5.66. The Balaban J connectivity index is 1.97. The van der Waals surface area contributed by atoms with E-state index in [1.807, 2.05) is 0 Å². The monoisotopic (exact) mass is 356 g/mol. The summed E-state index contributed by atoms with van der Waals surface area (Å²) in [6, 6.07) is 8.96. The summed E-state index contributed by atoms with van der Waals surface area (Å²) in [5, 5.41) is 4.13. The number of carbonyl (C=O) groups is 1. The molecule has 1 aliphatic rings. The number of amides is 2. The third-order valence-electron chi connectivity index (χ3n) is 3.80. The van der Waals surface area contributed by atoms with Gasteiger partial charge in [-0.1, -0.05) is 12.1 Å². The maximum atomic E-state index is 13.1. The van der Waals surface area contributed by atoms with Crippen molar-refractivity contribution in [1.29, 1.82) is 0 Å². The number of H-pyrrole nitrogens is 1. The number of aromatic amines is 1. The van der Waals surface area contributed by atoms with E-state index in [0.717, 1.165) is 0 Å². The van der Waals surface area contributed by atoms with Gasteiger partial charge in [0, 0.05) is 22.7 Å². The molecule has 0 saturated heterocycles. The van der Waals surface area contributed by atoms with Crippen LogP contribution < -0.4 is 15.9 Å². The number of urea groups is 1. The van der Waals surface area contributed by atoms with Gasteiger partial charge < -0.3 is 15.5 Å². The molecule has 1 aromatic heterocycles. The second-order valence-corrected chi connectivity index (χ2v) is 7.20. The Morgan fingerprint density at radius 2 is 2.00 bits per heavy atom. The van der Waals surface area contributed by atoms with Crippen molar-refractivity contribution < 1.29 is 17.9 Å². The van der Waals surface area contributed by atoms with Crippen molar-refractivity contribution in [2.24, 2.45) is 10.8 Å². The minimum absolute atomic E-state index is 0.0606. The van der Waals surface area contributed by atoms with Gasteiger partial charge in [0.15, 0.2) is 0 Å². The number of aromatic nitrogens is 1. The van der Waals surface area contributed by atoms with Gasteiger partial charge >= 0.3 is 6.03 Å². The fourth-order valence-electron chi connectivity index (χ4n) is 2.80. The van der Waals surface area contributed by atoms with Gasteiger partial charge in [0.2, 0.25) is 9.84 Å². The number of nitrogens with zero attached hydrogens (tertiary/aromatic N) is 1. The van der Waals surface area contributed by atoms with Crippen molar-refractivity contribution >= 4 is 33.0 Å². The molecule has 1 aliphatic heterocycles. The summed E-state index contributed by atoms with van der Waals surface area (Å²) in [6.45, 7) is 0. The van der Waals surface area contributed by atoms with Crippen LogP contribution in [0.2, 0.25) is 0 Å². The molecule has 3 aromatic rings. The van der Waals surface area contributed by atoms with Gasteiger partial charge in [-0.25, -0.2) is 18.6 Å². The molecule has 9 heteroatoms. The number of sulfone groups is 1. The molecule has 25 heavy (non-hydrogen) atoms. The van der Waals surface area contributed by atoms with Gasteiger partial charge in [0.1, 0.15) is 21.3 Å². The van der Waals surface area contributed by atoms with Gasteiger partial charge in [-0.3, -0.25) is 0 Å². The molecule has 0 aliphatic carbocycles. The van der Waals surface area contributed by atoms with Crippen molar-refractivity contribution in [3.63, 3.8) is 0 Å². The van der Waals surface area contributed by atoms with E-state index < -0.39 is 15.9 Å². The van der Waals surface area contributed by atoms with Crippen LogP contribution in [0, 0.1) is 0 Å². The minimum Gasteiger partial charge on any atom is -0.455 e. The number of nitrogens with two attached hydrogens (primary N) is 1. The predicted molar refractivity (Wildman–Crippen MR) is 90.6 cm³/mol. The van der Waals surface area contributed by atoms with Crippen LogP contribution in [0.15, 0.2) is 57.5 Å². The van der Waals surface area contributed by atoms with Gasteiger partial charge in [0.25, 0.3) is 0 Å². The minimum atomic E-state index is -3.78. The maximum absolute atomic E-state index is 13.1. The highest BCUT2D eigenvalue weighted by Gasteiger charge is 2.34. The van der Waals surface area contributed by atoms with Gasteiger partial charge in [0.05, 0.1) is 6.21 Å². The van der Waals surface area contributed by atoms with Crippen molar-refractivity contribution in [3.8, 4) is 11.5 Å². The molecule has 2 aromatic carbocycles. The first-order valence-corrected chi connectivity index (χ1v) is 8.71. The summed E-state index contributed by atoms with van der Waals surface area (Å²) in [5.41, 5.74) is 8.12. The lowest BCUT2D eigenvalue weighted by Crippen LogP contribution is -2.24. The molecule has 0 fully saturated rings. The Hall–Kier alpha value is -3.33. The van der Waals surface area contributed by atoms with E-state index in [1.54, 1.807) is 36.5 Å². The zero-order valence-electron chi connectivity index (χ0n) is 12.7. The fourth-order valence-corrected chi connectivity index (χ4v) is 4.52. The highest BCUT2D eigenvalue weighted by atomic mass is 32.2. The average molecular weight is 356 g/mol. The number of benzene rings is 2. The van der Waals surface area contributed by atoms with E-state index in [4.69, 9.17) is 10.5 Å². The normalized spacial score (nSPS) is 14.7. The summed E-state index contributed by atoms with van der Waals surface area (Å²) >= 11 is 0. The van der Waals surface area contributed by atoms with Crippen LogP contribution in [0.5, 0.6) is 11.5 Å². The molecule has 0 atom stereocenters. The third kappa shape index (κ3) is 2.32. The average Bonchev–Trinajstić information content (AvgIpc) is 2.97. The Morgan fingerprint density at radius 3 is 2.80 bits per heavy atom. The number of fused-ring (bicyclic) bond motifs is 4. The number of rotatable bonds is 2. The first-order valence-electron chi connectivity index (χ1n) is 7.23. The summed E-state index contributed by atoms with van der Waals surface area (Å²) in [5.74, 6) is 0.527. The number of primary amides is 1. The first-order chi connectivity index (χ1) is 12.0. The van der Waals surface area contributed by atoms with Crippen LogP contribution in [0.3, 0.4) is 0 Å². The summed E-state index contributed by atoms with van der Waals surface area (Å²) < 4.78 is 32.0. The number of hydrogen-bond acceptors (Lipinski definition) is 5. The molecule has 2 amide bonds. The Labute approximate surface area is 142 Å². The van der Waals surface area contributed by atoms with E-state index in [1.165, 1.54) is 12.3 Å². The summed E-state index contributed by atoms with van der Waals surface area (Å²) in [7, 11) is -3.78. The molecule has 4 rings (SSSR count). The standard InChI is InChI=1S/C16H12N4O4S/c17-16(21)20-19-8-9-7-18-10-5-6-12-15(14(9)10)25(22,23)13-4-2-1-3-11(13)24-12/h1-8,18H,(H3,17,20,21)/b19-8-. The van der Waals surface area contributed by atoms with Gasteiger partial charge in [-0.15, -0.1) is 0 Å². The second kappa shape index (κ2) is 5.35. The van der Waals surface area contributed by atoms with E-state index in [2.05, 4.69) is 15.5 Å². The molecule has 2 heterocycles. The molecule has 0 spiro atoms. The summed E-state index contributed by atoms with van der Waals surface area (Å²) in [6.07, 6.45) is 2.91. The lowest BCUT2D eigenvalue weighted by atomic mass is 10.1. The van der Waals surface area contributed by atoms with Crippen LogP contribution >= 0.6 is 0 Å². The smallest absolute Gasteiger partial charge is 0.332 e. The van der Waals surface area contributed by atoms with Crippen molar-refractivity contribution in [2.45, 2.75) is 9.79 Å². The largest absolute Gasteiger partial charge is 0.455 e. The predicted octanol–water partition coefficient (Wildman–Crippen LogP) is 2.11.